The second-order valence-electron chi connectivity index (χ2n) is 7.01. The van der Waals surface area contributed by atoms with E-state index in [9.17, 15) is 5.11 Å². The van der Waals surface area contributed by atoms with Crippen LogP contribution in [-0.2, 0) is 4.74 Å². The van der Waals surface area contributed by atoms with E-state index in [2.05, 4.69) is 24.4 Å². The lowest BCUT2D eigenvalue weighted by Gasteiger charge is -2.25. The zero-order valence-corrected chi connectivity index (χ0v) is 13.6. The zero-order chi connectivity index (χ0) is 14.9. The third kappa shape index (κ3) is 6.50. The first-order valence-corrected chi connectivity index (χ1v) is 8.87. The SMILES string of the molecule is CC1CC=CCC1COCC(O)CNCCC1CCCC1. The smallest absolute Gasteiger partial charge is 0.0897 e. The molecule has 0 saturated heterocycles. The van der Waals surface area contributed by atoms with E-state index in [4.69, 9.17) is 4.74 Å². The molecule has 1 fully saturated rings. The van der Waals surface area contributed by atoms with Crippen LogP contribution in [0.3, 0.4) is 0 Å². The molecule has 0 aliphatic heterocycles. The Balaban J connectivity index is 1.45. The lowest BCUT2D eigenvalue weighted by atomic mass is 9.85. The topological polar surface area (TPSA) is 41.5 Å². The number of ether oxygens (including phenoxy) is 1. The molecule has 2 rings (SSSR count). The van der Waals surface area contributed by atoms with Crippen LogP contribution in [0.25, 0.3) is 0 Å². The van der Waals surface area contributed by atoms with Gasteiger partial charge in [-0.25, -0.2) is 0 Å². The zero-order valence-electron chi connectivity index (χ0n) is 13.6. The number of rotatable bonds is 9. The predicted molar refractivity (Wildman–Crippen MR) is 87.3 cm³/mol. The number of aliphatic hydroxyl groups excluding tert-OH is 1. The number of hydrogen-bond acceptors (Lipinski definition) is 3. The average Bonchev–Trinajstić information content (AvgIpc) is 2.99. The minimum atomic E-state index is -0.372. The van der Waals surface area contributed by atoms with Crippen molar-refractivity contribution in [1.82, 2.24) is 5.32 Å². The van der Waals surface area contributed by atoms with Gasteiger partial charge < -0.3 is 15.2 Å². The van der Waals surface area contributed by atoms with E-state index in [1.165, 1.54) is 38.5 Å². The molecule has 0 aromatic carbocycles. The van der Waals surface area contributed by atoms with Crippen molar-refractivity contribution in [3.8, 4) is 0 Å². The van der Waals surface area contributed by atoms with Crippen molar-refractivity contribution in [1.29, 1.82) is 0 Å². The van der Waals surface area contributed by atoms with Crippen molar-refractivity contribution in [2.24, 2.45) is 17.8 Å². The van der Waals surface area contributed by atoms with Gasteiger partial charge in [0.1, 0.15) is 0 Å². The molecule has 0 bridgehead atoms. The van der Waals surface area contributed by atoms with Crippen LogP contribution < -0.4 is 5.32 Å². The summed E-state index contributed by atoms with van der Waals surface area (Å²) < 4.78 is 5.71. The van der Waals surface area contributed by atoms with Crippen LogP contribution in [0.4, 0.5) is 0 Å². The first kappa shape index (κ1) is 17.0. The summed E-state index contributed by atoms with van der Waals surface area (Å²) in [6, 6.07) is 0. The van der Waals surface area contributed by atoms with Crippen molar-refractivity contribution in [3.63, 3.8) is 0 Å². The molecule has 3 unspecified atom stereocenters. The van der Waals surface area contributed by atoms with Crippen molar-refractivity contribution < 1.29 is 9.84 Å². The lowest BCUT2D eigenvalue weighted by molar-refractivity contribution is 0.0128. The fourth-order valence-corrected chi connectivity index (χ4v) is 3.53. The van der Waals surface area contributed by atoms with Crippen molar-refractivity contribution >= 4 is 0 Å². The van der Waals surface area contributed by atoms with Crippen LogP contribution in [0, 0.1) is 17.8 Å². The number of hydrogen-bond donors (Lipinski definition) is 2. The molecule has 2 aliphatic rings. The predicted octanol–water partition coefficient (Wildman–Crippen LogP) is 3.14. The van der Waals surface area contributed by atoms with Crippen LogP contribution in [0.1, 0.15) is 51.9 Å². The molecular formula is C18H33NO2. The normalized spacial score (nSPS) is 28.1. The highest BCUT2D eigenvalue weighted by atomic mass is 16.5. The second-order valence-corrected chi connectivity index (χ2v) is 7.01. The third-order valence-electron chi connectivity index (χ3n) is 5.14. The van der Waals surface area contributed by atoms with E-state index < -0.39 is 0 Å². The Kier molecular flexibility index (Phi) is 7.76. The van der Waals surface area contributed by atoms with Gasteiger partial charge in [0.2, 0.25) is 0 Å². The summed E-state index contributed by atoms with van der Waals surface area (Å²) in [5.41, 5.74) is 0. The lowest BCUT2D eigenvalue weighted by Crippen LogP contribution is -2.32. The van der Waals surface area contributed by atoms with E-state index in [1.54, 1.807) is 0 Å². The van der Waals surface area contributed by atoms with E-state index in [1.807, 2.05) is 0 Å². The molecule has 122 valence electrons. The fourth-order valence-electron chi connectivity index (χ4n) is 3.53. The standard InChI is InChI=1S/C18H33NO2/c1-15-6-2-5-9-17(15)13-21-14-18(20)12-19-11-10-16-7-3-4-8-16/h2,5,15-20H,3-4,6-14H2,1H3. The van der Waals surface area contributed by atoms with Gasteiger partial charge >= 0.3 is 0 Å². The number of nitrogens with one attached hydrogen (secondary N) is 1. The molecule has 0 spiro atoms. The summed E-state index contributed by atoms with van der Waals surface area (Å²) in [6.07, 6.45) is 13.3. The quantitative estimate of drug-likeness (QED) is 0.507. The molecule has 0 aromatic rings. The monoisotopic (exact) mass is 295 g/mol. The maximum Gasteiger partial charge on any atom is 0.0897 e. The molecule has 3 nitrogen and oxygen atoms in total. The van der Waals surface area contributed by atoms with Gasteiger partial charge in [-0.1, -0.05) is 44.8 Å². The molecule has 0 aromatic heterocycles. The highest BCUT2D eigenvalue weighted by Gasteiger charge is 2.19. The first-order valence-electron chi connectivity index (χ1n) is 8.87. The van der Waals surface area contributed by atoms with Crippen LogP contribution >= 0.6 is 0 Å². The average molecular weight is 295 g/mol. The van der Waals surface area contributed by atoms with Crippen LogP contribution in [0.5, 0.6) is 0 Å². The highest BCUT2D eigenvalue weighted by molar-refractivity contribution is 4.93. The summed E-state index contributed by atoms with van der Waals surface area (Å²) in [5, 5.41) is 13.3. The Morgan fingerprint density at radius 3 is 2.76 bits per heavy atom. The molecule has 3 heteroatoms. The van der Waals surface area contributed by atoms with Crippen molar-refractivity contribution in [3.05, 3.63) is 12.2 Å². The molecule has 0 heterocycles. The van der Waals surface area contributed by atoms with E-state index >= 15 is 0 Å². The Hall–Kier alpha value is -0.380. The van der Waals surface area contributed by atoms with Gasteiger partial charge in [-0.15, -0.1) is 0 Å². The fraction of sp³-hybridized carbons (Fsp3) is 0.889. The van der Waals surface area contributed by atoms with Crippen LogP contribution in [0.15, 0.2) is 12.2 Å². The van der Waals surface area contributed by atoms with E-state index in [0.717, 1.165) is 25.5 Å². The van der Waals surface area contributed by atoms with Crippen LogP contribution in [-0.4, -0.2) is 37.5 Å². The first-order chi connectivity index (χ1) is 10.3. The maximum atomic E-state index is 9.94. The molecule has 2 aliphatic carbocycles. The molecule has 1 saturated carbocycles. The van der Waals surface area contributed by atoms with Gasteiger partial charge in [0.25, 0.3) is 0 Å². The van der Waals surface area contributed by atoms with Gasteiger partial charge in [-0.2, -0.15) is 0 Å². The summed E-state index contributed by atoms with van der Waals surface area (Å²) in [6.45, 7) is 5.23. The molecule has 2 N–H and O–H groups in total. The highest BCUT2D eigenvalue weighted by Crippen LogP contribution is 2.27. The molecule has 0 radical (unpaired) electrons. The van der Waals surface area contributed by atoms with Crippen LogP contribution in [0.2, 0.25) is 0 Å². The largest absolute Gasteiger partial charge is 0.389 e. The van der Waals surface area contributed by atoms with Gasteiger partial charge in [0.05, 0.1) is 19.3 Å². The van der Waals surface area contributed by atoms with Gasteiger partial charge in [0.15, 0.2) is 0 Å². The number of allylic oxidation sites excluding steroid dienone is 2. The molecule has 21 heavy (non-hydrogen) atoms. The van der Waals surface area contributed by atoms with Gasteiger partial charge in [-0.05, 0) is 43.6 Å². The van der Waals surface area contributed by atoms with Gasteiger partial charge in [0, 0.05) is 6.54 Å². The number of aliphatic hydroxyl groups is 1. The molecule has 0 amide bonds. The summed E-state index contributed by atoms with van der Waals surface area (Å²) >= 11 is 0. The second kappa shape index (κ2) is 9.60. The minimum absolute atomic E-state index is 0.372. The Bertz CT molecular complexity index is 300. The molecule has 3 atom stereocenters. The van der Waals surface area contributed by atoms with E-state index in [0.29, 0.717) is 25.0 Å². The molecular weight excluding hydrogens is 262 g/mol. The van der Waals surface area contributed by atoms with Crippen molar-refractivity contribution in [2.45, 2.75) is 58.0 Å². The third-order valence-corrected chi connectivity index (χ3v) is 5.14. The summed E-state index contributed by atoms with van der Waals surface area (Å²) in [5.74, 6) is 2.25. The Morgan fingerprint density at radius 2 is 2.00 bits per heavy atom. The summed E-state index contributed by atoms with van der Waals surface area (Å²) in [7, 11) is 0. The maximum absolute atomic E-state index is 9.94. The summed E-state index contributed by atoms with van der Waals surface area (Å²) in [4.78, 5) is 0. The Morgan fingerprint density at radius 1 is 1.24 bits per heavy atom. The Labute approximate surface area is 130 Å². The minimum Gasteiger partial charge on any atom is -0.389 e. The van der Waals surface area contributed by atoms with Crippen molar-refractivity contribution in [2.75, 3.05) is 26.3 Å². The van der Waals surface area contributed by atoms with Gasteiger partial charge in [-0.3, -0.25) is 0 Å². The van der Waals surface area contributed by atoms with E-state index in [-0.39, 0.29) is 6.10 Å².